The summed E-state index contributed by atoms with van der Waals surface area (Å²) in [7, 11) is 0. The van der Waals surface area contributed by atoms with Gasteiger partial charge in [0, 0.05) is 0 Å². The van der Waals surface area contributed by atoms with E-state index in [9.17, 15) is 0 Å². The van der Waals surface area contributed by atoms with Crippen LogP contribution in [0.3, 0.4) is 0 Å². The predicted molar refractivity (Wildman–Crippen MR) is 89.2 cm³/mol. The second-order valence-electron chi connectivity index (χ2n) is 7.51. The predicted octanol–water partition coefficient (Wildman–Crippen LogP) is 3.95. The zero-order valence-electron chi connectivity index (χ0n) is 14.9. The van der Waals surface area contributed by atoms with E-state index in [4.69, 9.17) is 9.47 Å². The summed E-state index contributed by atoms with van der Waals surface area (Å²) < 4.78 is 11.4. The van der Waals surface area contributed by atoms with Crippen LogP contribution < -0.4 is 0 Å². The fourth-order valence-electron chi connectivity index (χ4n) is 1.98. The minimum absolute atomic E-state index is 0.243. The van der Waals surface area contributed by atoms with Crippen molar-refractivity contribution in [1.29, 1.82) is 0 Å². The summed E-state index contributed by atoms with van der Waals surface area (Å²) in [6.45, 7) is 18.4. The monoisotopic (exact) mass is 296 g/mol. The van der Waals surface area contributed by atoms with E-state index in [1.807, 2.05) is 0 Å². The first-order valence-corrected chi connectivity index (χ1v) is 8.06. The number of hydrogen-bond acceptors (Lipinski definition) is 4. The minimum Gasteiger partial charge on any atom is -0.478 e. The normalized spacial score (nSPS) is 25.0. The zero-order valence-corrected chi connectivity index (χ0v) is 14.9. The van der Waals surface area contributed by atoms with Gasteiger partial charge in [-0.1, -0.05) is 34.6 Å². The molecule has 0 N–H and O–H groups in total. The van der Waals surface area contributed by atoms with Gasteiger partial charge in [-0.05, 0) is 32.6 Å². The van der Waals surface area contributed by atoms with Crippen LogP contribution in [0.2, 0.25) is 0 Å². The smallest absolute Gasteiger partial charge is 0.199 e. The first-order chi connectivity index (χ1) is 9.64. The van der Waals surface area contributed by atoms with Gasteiger partial charge in [-0.3, -0.25) is 0 Å². The van der Waals surface area contributed by atoms with Crippen LogP contribution in [-0.2, 0) is 9.47 Å². The molecule has 2 rings (SSSR count). The molecule has 2 heterocycles. The van der Waals surface area contributed by atoms with E-state index < -0.39 is 0 Å². The van der Waals surface area contributed by atoms with Crippen LogP contribution in [0.1, 0.15) is 55.4 Å². The molecule has 0 aromatic carbocycles. The Bertz CT molecular complexity index is 395. The quantitative estimate of drug-likeness (QED) is 0.791. The Morgan fingerprint density at radius 1 is 0.952 bits per heavy atom. The molecule has 2 atom stereocenters. The van der Waals surface area contributed by atoms with Crippen molar-refractivity contribution in [1.82, 2.24) is 0 Å². The van der Waals surface area contributed by atoms with Crippen LogP contribution in [0.25, 0.3) is 0 Å². The summed E-state index contributed by atoms with van der Waals surface area (Å²) in [4.78, 5) is 9.17. The van der Waals surface area contributed by atoms with Crippen LogP contribution in [0.4, 0.5) is 0 Å². The average molecular weight is 296 g/mol. The van der Waals surface area contributed by atoms with Gasteiger partial charge < -0.3 is 9.47 Å². The third-order valence-electron chi connectivity index (χ3n) is 3.31. The molecule has 2 aliphatic rings. The molecule has 0 aromatic heterocycles. The average Bonchev–Trinajstić information content (AvgIpc) is 2.96. The maximum atomic E-state index is 5.73. The zero-order chi connectivity index (χ0) is 16.2. The lowest BCUT2D eigenvalue weighted by Crippen LogP contribution is -2.34. The molecule has 0 aromatic rings. The molecule has 0 radical (unpaired) electrons. The standard InChI is InChI=1S/C13H22N2O2.C4H10/c1-8(2)10-7-17-12(15-10)13(4,5)11-14-9(3)6-16-11;1-4(2)3/h8-10H,6-7H2,1-5H3;4H,1-3H3. The molecule has 2 aliphatic heterocycles. The maximum absolute atomic E-state index is 5.73. The first kappa shape index (κ1) is 18.0. The topological polar surface area (TPSA) is 43.2 Å². The highest BCUT2D eigenvalue weighted by atomic mass is 16.5. The number of hydrogen-bond donors (Lipinski definition) is 0. The van der Waals surface area contributed by atoms with Crippen LogP contribution in [0.15, 0.2) is 9.98 Å². The molecule has 0 aliphatic carbocycles. The SMILES string of the molecule is CC(C)C.CC1COC(C(C)(C)C2=NC(C(C)C)CO2)=N1. The van der Waals surface area contributed by atoms with Crippen LogP contribution in [0.5, 0.6) is 0 Å². The highest BCUT2D eigenvalue weighted by Gasteiger charge is 2.41. The summed E-state index contributed by atoms with van der Waals surface area (Å²) in [6.07, 6.45) is 0. The summed E-state index contributed by atoms with van der Waals surface area (Å²) in [5, 5.41) is 0. The van der Waals surface area contributed by atoms with Gasteiger partial charge in [0.1, 0.15) is 18.6 Å². The Morgan fingerprint density at radius 2 is 1.43 bits per heavy atom. The number of ether oxygens (including phenoxy) is 2. The van der Waals surface area contributed by atoms with Crippen molar-refractivity contribution in [2.75, 3.05) is 13.2 Å². The van der Waals surface area contributed by atoms with E-state index in [1.54, 1.807) is 0 Å². The van der Waals surface area contributed by atoms with Crippen LogP contribution in [0, 0.1) is 17.3 Å². The van der Waals surface area contributed by atoms with Crippen molar-refractivity contribution in [3.8, 4) is 0 Å². The lowest BCUT2D eigenvalue weighted by molar-refractivity contribution is 0.256. The van der Waals surface area contributed by atoms with E-state index in [0.29, 0.717) is 19.1 Å². The van der Waals surface area contributed by atoms with Crippen molar-refractivity contribution in [2.45, 2.75) is 67.5 Å². The van der Waals surface area contributed by atoms with Crippen molar-refractivity contribution in [3.05, 3.63) is 0 Å². The highest BCUT2D eigenvalue weighted by molar-refractivity contribution is 6.05. The third kappa shape index (κ3) is 5.01. The molecule has 4 nitrogen and oxygen atoms in total. The Labute approximate surface area is 130 Å². The summed E-state index contributed by atoms with van der Waals surface area (Å²) in [6, 6.07) is 0.510. The first-order valence-electron chi connectivity index (χ1n) is 8.06. The third-order valence-corrected chi connectivity index (χ3v) is 3.31. The molecule has 122 valence electrons. The summed E-state index contributed by atoms with van der Waals surface area (Å²) in [5.41, 5.74) is -0.339. The lowest BCUT2D eigenvalue weighted by Gasteiger charge is -2.22. The molecule has 0 saturated heterocycles. The van der Waals surface area contributed by atoms with Gasteiger partial charge in [-0.15, -0.1) is 0 Å². The van der Waals surface area contributed by atoms with Gasteiger partial charge in [0.05, 0.1) is 12.1 Å². The Morgan fingerprint density at radius 3 is 1.81 bits per heavy atom. The molecule has 0 amide bonds. The van der Waals surface area contributed by atoms with E-state index >= 15 is 0 Å². The number of aliphatic imine (C=N–C) groups is 2. The fourth-order valence-corrected chi connectivity index (χ4v) is 1.98. The second kappa shape index (κ2) is 7.28. The molecule has 21 heavy (non-hydrogen) atoms. The molecule has 0 saturated carbocycles. The Balaban J connectivity index is 0.000000491. The van der Waals surface area contributed by atoms with E-state index in [1.165, 1.54) is 0 Å². The van der Waals surface area contributed by atoms with Gasteiger partial charge in [0.2, 0.25) is 0 Å². The van der Waals surface area contributed by atoms with E-state index in [2.05, 4.69) is 65.4 Å². The molecule has 4 heteroatoms. The van der Waals surface area contributed by atoms with Crippen molar-refractivity contribution >= 4 is 11.8 Å². The second-order valence-corrected chi connectivity index (χ2v) is 7.51. The molecule has 0 fully saturated rings. The van der Waals surface area contributed by atoms with Crippen LogP contribution >= 0.6 is 0 Å². The number of nitrogens with zero attached hydrogens (tertiary/aromatic N) is 2. The Hall–Kier alpha value is -1.06. The van der Waals surface area contributed by atoms with Crippen molar-refractivity contribution in [2.24, 2.45) is 27.2 Å². The highest BCUT2D eigenvalue weighted by Crippen LogP contribution is 2.29. The van der Waals surface area contributed by atoms with Crippen molar-refractivity contribution < 1.29 is 9.47 Å². The molecular weight excluding hydrogens is 264 g/mol. The van der Waals surface area contributed by atoms with Gasteiger partial charge in [0.15, 0.2) is 11.8 Å². The van der Waals surface area contributed by atoms with Gasteiger partial charge in [0.25, 0.3) is 0 Å². The fraction of sp³-hybridized carbons (Fsp3) is 0.882. The van der Waals surface area contributed by atoms with Crippen molar-refractivity contribution in [3.63, 3.8) is 0 Å². The van der Waals surface area contributed by atoms with Gasteiger partial charge >= 0.3 is 0 Å². The summed E-state index contributed by atoms with van der Waals surface area (Å²) >= 11 is 0. The van der Waals surface area contributed by atoms with E-state index in [-0.39, 0.29) is 17.5 Å². The maximum Gasteiger partial charge on any atom is 0.199 e. The van der Waals surface area contributed by atoms with E-state index in [0.717, 1.165) is 17.7 Å². The minimum atomic E-state index is -0.339. The number of rotatable bonds is 3. The molecular formula is C17H32N2O2. The lowest BCUT2D eigenvalue weighted by atomic mass is 9.93. The largest absolute Gasteiger partial charge is 0.478 e. The molecule has 0 spiro atoms. The van der Waals surface area contributed by atoms with Crippen LogP contribution in [-0.4, -0.2) is 37.1 Å². The summed E-state index contributed by atoms with van der Waals surface area (Å²) in [5.74, 6) is 2.87. The molecule has 2 unspecified atom stereocenters. The molecule has 0 bridgehead atoms. The van der Waals surface area contributed by atoms with Gasteiger partial charge in [-0.2, -0.15) is 0 Å². The van der Waals surface area contributed by atoms with Gasteiger partial charge in [-0.25, -0.2) is 9.98 Å². The Kier molecular flexibility index (Phi) is 6.24.